The summed E-state index contributed by atoms with van der Waals surface area (Å²) in [6.45, 7) is 1.68. The van der Waals surface area contributed by atoms with Gasteiger partial charge in [-0.3, -0.25) is 4.79 Å². The molecule has 27 heavy (non-hydrogen) atoms. The average Bonchev–Trinajstić information content (AvgIpc) is 2.63. The van der Waals surface area contributed by atoms with E-state index in [1.807, 2.05) is 0 Å². The Morgan fingerprint density at radius 3 is 2.67 bits per heavy atom. The highest BCUT2D eigenvalue weighted by Crippen LogP contribution is 2.36. The molecule has 140 valence electrons. The molecule has 0 aliphatic carbocycles. The van der Waals surface area contributed by atoms with E-state index >= 15 is 0 Å². The standard InChI is InChI=1S/C19H16Cl2FN3O2/c1-10(17-13(20)3-4-14(22)18(17)21)27-15-7-12(9-24-19(15)23)11-5-6-25(2)16(26)8-11/h3-10H,1-2H3,(H2,23,24)/t10-/m1/s1. The minimum atomic E-state index is -0.677. The van der Waals surface area contributed by atoms with Crippen LogP contribution >= 0.6 is 23.2 Å². The second-order valence-corrected chi connectivity index (χ2v) is 6.77. The Morgan fingerprint density at radius 1 is 1.22 bits per heavy atom. The predicted molar refractivity (Wildman–Crippen MR) is 105 cm³/mol. The molecule has 5 nitrogen and oxygen atoms in total. The smallest absolute Gasteiger partial charge is 0.250 e. The molecule has 0 saturated heterocycles. The van der Waals surface area contributed by atoms with Crippen LogP contribution in [0.15, 0.2) is 47.5 Å². The number of benzene rings is 1. The number of hydrogen-bond donors (Lipinski definition) is 1. The lowest BCUT2D eigenvalue weighted by atomic mass is 10.1. The summed E-state index contributed by atoms with van der Waals surface area (Å²) in [5.74, 6) is -0.165. The lowest BCUT2D eigenvalue weighted by Crippen LogP contribution is -2.14. The summed E-state index contributed by atoms with van der Waals surface area (Å²) in [6.07, 6.45) is 2.52. The molecule has 0 radical (unpaired) electrons. The molecule has 0 fully saturated rings. The number of nitrogens with zero attached hydrogens (tertiary/aromatic N) is 2. The molecule has 0 unspecified atom stereocenters. The van der Waals surface area contributed by atoms with Crippen LogP contribution in [0.2, 0.25) is 10.0 Å². The predicted octanol–water partition coefficient (Wildman–Crippen LogP) is 4.62. The molecule has 0 spiro atoms. The fourth-order valence-corrected chi connectivity index (χ4v) is 3.28. The molecule has 0 amide bonds. The number of nitrogen functional groups attached to an aromatic ring is 1. The third-order valence-corrected chi connectivity index (χ3v) is 4.82. The van der Waals surface area contributed by atoms with Crippen LogP contribution in [-0.4, -0.2) is 9.55 Å². The van der Waals surface area contributed by atoms with Crippen LogP contribution < -0.4 is 16.0 Å². The highest BCUT2D eigenvalue weighted by atomic mass is 35.5. The van der Waals surface area contributed by atoms with E-state index in [1.54, 1.807) is 38.5 Å². The summed E-state index contributed by atoms with van der Waals surface area (Å²) >= 11 is 12.2. The van der Waals surface area contributed by atoms with Crippen LogP contribution in [0.3, 0.4) is 0 Å². The van der Waals surface area contributed by atoms with Crippen molar-refractivity contribution in [2.45, 2.75) is 13.0 Å². The number of ether oxygens (including phenoxy) is 1. The van der Waals surface area contributed by atoms with E-state index in [-0.39, 0.29) is 27.2 Å². The van der Waals surface area contributed by atoms with Gasteiger partial charge >= 0.3 is 0 Å². The highest BCUT2D eigenvalue weighted by molar-refractivity contribution is 6.36. The first-order valence-corrected chi connectivity index (χ1v) is 8.76. The minimum absolute atomic E-state index is 0.107. The van der Waals surface area contributed by atoms with Gasteiger partial charge in [-0.05, 0) is 36.8 Å². The molecule has 0 saturated carbocycles. The first kappa shape index (κ1) is 19.2. The number of aromatic nitrogens is 2. The van der Waals surface area contributed by atoms with Crippen molar-refractivity contribution < 1.29 is 9.13 Å². The van der Waals surface area contributed by atoms with Crippen molar-refractivity contribution >= 4 is 29.0 Å². The zero-order chi connectivity index (χ0) is 19.7. The fraction of sp³-hybridized carbons (Fsp3) is 0.158. The summed E-state index contributed by atoms with van der Waals surface area (Å²) in [5.41, 5.74) is 7.40. The SMILES string of the molecule is C[C@@H](Oc1cc(-c2ccn(C)c(=O)c2)cnc1N)c1c(Cl)ccc(F)c1Cl. The normalized spacial score (nSPS) is 12.0. The molecule has 1 aromatic carbocycles. The van der Waals surface area contributed by atoms with E-state index in [4.69, 9.17) is 33.7 Å². The van der Waals surface area contributed by atoms with Crippen LogP contribution in [-0.2, 0) is 7.05 Å². The third-order valence-electron chi connectivity index (χ3n) is 4.11. The topological polar surface area (TPSA) is 70.1 Å². The van der Waals surface area contributed by atoms with Crippen LogP contribution in [0, 0.1) is 5.82 Å². The lowest BCUT2D eigenvalue weighted by Gasteiger charge is -2.19. The number of hydrogen-bond acceptors (Lipinski definition) is 4. The Labute approximate surface area is 165 Å². The van der Waals surface area contributed by atoms with Crippen LogP contribution in [0.4, 0.5) is 10.2 Å². The van der Waals surface area contributed by atoms with E-state index < -0.39 is 11.9 Å². The van der Waals surface area contributed by atoms with Gasteiger partial charge in [0.15, 0.2) is 11.6 Å². The van der Waals surface area contributed by atoms with E-state index in [0.717, 1.165) is 0 Å². The second kappa shape index (κ2) is 7.58. The summed E-state index contributed by atoms with van der Waals surface area (Å²) in [6, 6.07) is 7.53. The monoisotopic (exact) mass is 407 g/mol. The Balaban J connectivity index is 1.97. The van der Waals surface area contributed by atoms with Gasteiger partial charge in [-0.25, -0.2) is 9.37 Å². The molecule has 2 aromatic heterocycles. The van der Waals surface area contributed by atoms with Crippen LogP contribution in [0.25, 0.3) is 11.1 Å². The maximum absolute atomic E-state index is 13.8. The van der Waals surface area contributed by atoms with Gasteiger partial charge in [0.1, 0.15) is 11.9 Å². The molecule has 0 bridgehead atoms. The third kappa shape index (κ3) is 3.91. The molecule has 0 aliphatic rings. The Kier molecular flexibility index (Phi) is 5.39. The highest BCUT2D eigenvalue weighted by Gasteiger charge is 2.20. The fourth-order valence-electron chi connectivity index (χ4n) is 2.60. The van der Waals surface area contributed by atoms with Gasteiger partial charge in [0.05, 0.1) is 5.02 Å². The zero-order valence-electron chi connectivity index (χ0n) is 14.5. The van der Waals surface area contributed by atoms with Crippen molar-refractivity contribution in [2.24, 2.45) is 7.05 Å². The molecular weight excluding hydrogens is 392 g/mol. The van der Waals surface area contributed by atoms with Crippen molar-refractivity contribution in [3.05, 3.63) is 74.5 Å². The molecule has 0 aliphatic heterocycles. The number of nitrogens with two attached hydrogens (primary N) is 1. The summed E-state index contributed by atoms with van der Waals surface area (Å²) in [7, 11) is 1.66. The molecule has 2 N–H and O–H groups in total. The number of rotatable bonds is 4. The largest absolute Gasteiger partial charge is 0.482 e. The van der Waals surface area contributed by atoms with Gasteiger partial charge in [0.2, 0.25) is 0 Å². The van der Waals surface area contributed by atoms with E-state index in [9.17, 15) is 9.18 Å². The van der Waals surface area contributed by atoms with Crippen molar-refractivity contribution in [2.75, 3.05) is 5.73 Å². The van der Waals surface area contributed by atoms with Gasteiger partial charge in [-0.1, -0.05) is 23.2 Å². The number of halogens is 3. The lowest BCUT2D eigenvalue weighted by molar-refractivity contribution is 0.227. The molecule has 8 heteroatoms. The maximum Gasteiger partial charge on any atom is 0.250 e. The summed E-state index contributed by atoms with van der Waals surface area (Å²) in [5, 5.41) is 0.174. The van der Waals surface area contributed by atoms with Gasteiger partial charge in [0, 0.05) is 41.7 Å². The number of anilines is 1. The first-order valence-electron chi connectivity index (χ1n) is 8.00. The van der Waals surface area contributed by atoms with Gasteiger partial charge in [-0.15, -0.1) is 0 Å². The van der Waals surface area contributed by atoms with Crippen LogP contribution in [0.5, 0.6) is 5.75 Å². The Hall–Kier alpha value is -2.57. The van der Waals surface area contributed by atoms with Crippen molar-refractivity contribution in [3.63, 3.8) is 0 Å². The number of pyridine rings is 2. The van der Waals surface area contributed by atoms with Gasteiger partial charge < -0.3 is 15.0 Å². The summed E-state index contributed by atoms with van der Waals surface area (Å²) < 4.78 is 21.1. The Morgan fingerprint density at radius 2 is 1.96 bits per heavy atom. The maximum atomic E-state index is 13.8. The second-order valence-electron chi connectivity index (χ2n) is 5.99. The summed E-state index contributed by atoms with van der Waals surface area (Å²) in [4.78, 5) is 16.0. The number of aryl methyl sites for hydroxylation is 1. The van der Waals surface area contributed by atoms with E-state index in [2.05, 4.69) is 4.98 Å². The first-order chi connectivity index (χ1) is 12.8. The Bertz CT molecular complexity index is 1070. The molecule has 2 heterocycles. The quantitative estimate of drug-likeness (QED) is 0.640. The molecular formula is C19H16Cl2FN3O2. The van der Waals surface area contributed by atoms with Crippen molar-refractivity contribution in [1.29, 1.82) is 0 Å². The molecule has 3 rings (SSSR count). The molecule has 1 atom stereocenters. The zero-order valence-corrected chi connectivity index (χ0v) is 16.1. The van der Waals surface area contributed by atoms with E-state index in [1.165, 1.54) is 22.8 Å². The minimum Gasteiger partial charge on any atom is -0.482 e. The van der Waals surface area contributed by atoms with Crippen LogP contribution in [0.1, 0.15) is 18.6 Å². The van der Waals surface area contributed by atoms with Crippen molar-refractivity contribution in [3.8, 4) is 16.9 Å². The van der Waals surface area contributed by atoms with E-state index in [0.29, 0.717) is 16.7 Å². The van der Waals surface area contributed by atoms with Crippen molar-refractivity contribution in [1.82, 2.24) is 9.55 Å². The van der Waals surface area contributed by atoms with Gasteiger partial charge in [-0.2, -0.15) is 0 Å². The molecule has 3 aromatic rings. The average molecular weight is 408 g/mol. The van der Waals surface area contributed by atoms with Gasteiger partial charge in [0.25, 0.3) is 5.56 Å².